The van der Waals surface area contributed by atoms with Gasteiger partial charge in [-0.2, -0.15) is 0 Å². The standard InChI is InChI=1S/C13H29N3/c1-3-16(4-2)10-6-9-15-13-8-5-7-12(14)11-13/h12-13,15H,3-11,14H2,1-2H3. The van der Waals surface area contributed by atoms with E-state index in [1.54, 1.807) is 0 Å². The summed E-state index contributed by atoms with van der Waals surface area (Å²) in [6.45, 7) is 9.18. The minimum Gasteiger partial charge on any atom is -0.328 e. The first-order chi connectivity index (χ1) is 7.76. The zero-order chi connectivity index (χ0) is 11.8. The quantitative estimate of drug-likeness (QED) is 0.649. The summed E-state index contributed by atoms with van der Waals surface area (Å²) in [6.07, 6.45) is 6.27. The van der Waals surface area contributed by atoms with Crippen molar-refractivity contribution < 1.29 is 0 Å². The Hall–Kier alpha value is -0.120. The topological polar surface area (TPSA) is 41.3 Å². The maximum absolute atomic E-state index is 5.97. The largest absolute Gasteiger partial charge is 0.328 e. The van der Waals surface area contributed by atoms with E-state index < -0.39 is 0 Å². The van der Waals surface area contributed by atoms with Crippen LogP contribution in [-0.4, -0.2) is 43.2 Å². The molecule has 3 N–H and O–H groups in total. The Bertz CT molecular complexity index is 169. The highest BCUT2D eigenvalue weighted by Gasteiger charge is 2.17. The second-order valence-corrected chi connectivity index (χ2v) is 4.96. The van der Waals surface area contributed by atoms with Crippen molar-refractivity contribution in [3.63, 3.8) is 0 Å². The first-order valence-electron chi connectivity index (χ1n) is 6.97. The maximum atomic E-state index is 5.97. The van der Waals surface area contributed by atoms with Crippen molar-refractivity contribution in [3.05, 3.63) is 0 Å². The minimum atomic E-state index is 0.439. The summed E-state index contributed by atoms with van der Waals surface area (Å²) in [5, 5.41) is 3.65. The van der Waals surface area contributed by atoms with Crippen LogP contribution in [0, 0.1) is 0 Å². The third-order valence-electron chi connectivity index (χ3n) is 3.69. The third kappa shape index (κ3) is 5.28. The minimum absolute atomic E-state index is 0.439. The Morgan fingerprint density at radius 2 is 2.00 bits per heavy atom. The Morgan fingerprint density at radius 3 is 2.62 bits per heavy atom. The third-order valence-corrected chi connectivity index (χ3v) is 3.69. The molecular weight excluding hydrogens is 198 g/mol. The summed E-state index contributed by atoms with van der Waals surface area (Å²) >= 11 is 0. The van der Waals surface area contributed by atoms with Gasteiger partial charge in [0, 0.05) is 12.1 Å². The average Bonchev–Trinajstić information content (AvgIpc) is 2.29. The summed E-state index contributed by atoms with van der Waals surface area (Å²) in [4.78, 5) is 2.48. The van der Waals surface area contributed by atoms with Crippen LogP contribution in [0.1, 0.15) is 46.0 Å². The molecule has 0 aromatic heterocycles. The highest BCUT2D eigenvalue weighted by molar-refractivity contribution is 4.79. The van der Waals surface area contributed by atoms with Gasteiger partial charge in [0.15, 0.2) is 0 Å². The van der Waals surface area contributed by atoms with Crippen LogP contribution >= 0.6 is 0 Å². The van der Waals surface area contributed by atoms with Crippen molar-refractivity contribution in [2.24, 2.45) is 5.73 Å². The summed E-state index contributed by atoms with van der Waals surface area (Å²) in [7, 11) is 0. The van der Waals surface area contributed by atoms with Gasteiger partial charge in [-0.1, -0.05) is 20.3 Å². The number of rotatable bonds is 7. The summed E-state index contributed by atoms with van der Waals surface area (Å²) < 4.78 is 0. The Morgan fingerprint density at radius 1 is 1.25 bits per heavy atom. The van der Waals surface area contributed by atoms with Gasteiger partial charge in [0.25, 0.3) is 0 Å². The van der Waals surface area contributed by atoms with Crippen molar-refractivity contribution in [1.82, 2.24) is 10.2 Å². The molecule has 0 radical (unpaired) electrons. The molecule has 1 rings (SSSR count). The van der Waals surface area contributed by atoms with Crippen LogP contribution in [0.2, 0.25) is 0 Å². The molecule has 2 atom stereocenters. The molecule has 0 aromatic rings. The number of hydrogen-bond donors (Lipinski definition) is 2. The number of nitrogens with two attached hydrogens (primary N) is 1. The van der Waals surface area contributed by atoms with E-state index in [1.807, 2.05) is 0 Å². The van der Waals surface area contributed by atoms with Gasteiger partial charge in [-0.15, -0.1) is 0 Å². The smallest absolute Gasteiger partial charge is 0.00818 e. The lowest BCUT2D eigenvalue weighted by atomic mass is 9.91. The fourth-order valence-corrected chi connectivity index (χ4v) is 2.56. The van der Waals surface area contributed by atoms with Gasteiger partial charge in [0.05, 0.1) is 0 Å². The van der Waals surface area contributed by atoms with Crippen molar-refractivity contribution >= 4 is 0 Å². The van der Waals surface area contributed by atoms with Crippen LogP contribution in [0.15, 0.2) is 0 Å². The molecule has 1 aliphatic rings. The highest BCUT2D eigenvalue weighted by Crippen LogP contribution is 2.16. The van der Waals surface area contributed by atoms with Crippen LogP contribution in [0.4, 0.5) is 0 Å². The van der Waals surface area contributed by atoms with E-state index in [9.17, 15) is 0 Å². The van der Waals surface area contributed by atoms with Gasteiger partial charge in [0.1, 0.15) is 0 Å². The van der Waals surface area contributed by atoms with Gasteiger partial charge in [-0.3, -0.25) is 0 Å². The van der Waals surface area contributed by atoms with Crippen LogP contribution in [-0.2, 0) is 0 Å². The second kappa shape index (κ2) is 8.04. The predicted octanol–water partition coefficient (Wildman–Crippen LogP) is 1.58. The molecule has 1 aliphatic carbocycles. The van der Waals surface area contributed by atoms with Crippen molar-refractivity contribution in [3.8, 4) is 0 Å². The molecule has 0 amide bonds. The van der Waals surface area contributed by atoms with Crippen LogP contribution in [0.25, 0.3) is 0 Å². The van der Waals surface area contributed by atoms with Crippen molar-refractivity contribution in [2.75, 3.05) is 26.2 Å². The molecule has 0 saturated heterocycles. The SMILES string of the molecule is CCN(CC)CCCNC1CCCC(N)C1. The number of hydrogen-bond acceptors (Lipinski definition) is 3. The Balaban J connectivity index is 2.02. The fourth-order valence-electron chi connectivity index (χ4n) is 2.56. The molecule has 1 fully saturated rings. The molecule has 0 bridgehead atoms. The molecule has 0 aliphatic heterocycles. The normalized spacial score (nSPS) is 26.2. The van der Waals surface area contributed by atoms with Gasteiger partial charge in [0.2, 0.25) is 0 Å². The first-order valence-corrected chi connectivity index (χ1v) is 6.97. The average molecular weight is 227 g/mol. The van der Waals surface area contributed by atoms with E-state index in [0.717, 1.165) is 6.54 Å². The maximum Gasteiger partial charge on any atom is 0.00818 e. The first kappa shape index (κ1) is 13.9. The van der Waals surface area contributed by atoms with E-state index >= 15 is 0 Å². The molecule has 16 heavy (non-hydrogen) atoms. The predicted molar refractivity (Wildman–Crippen MR) is 70.6 cm³/mol. The zero-order valence-corrected chi connectivity index (χ0v) is 11.0. The second-order valence-electron chi connectivity index (χ2n) is 4.96. The van der Waals surface area contributed by atoms with Crippen molar-refractivity contribution in [2.45, 2.75) is 58.0 Å². The lowest BCUT2D eigenvalue weighted by molar-refractivity contribution is 0.286. The van der Waals surface area contributed by atoms with Gasteiger partial charge >= 0.3 is 0 Å². The van der Waals surface area contributed by atoms with Crippen LogP contribution in [0.3, 0.4) is 0 Å². The highest BCUT2D eigenvalue weighted by atomic mass is 15.1. The van der Waals surface area contributed by atoms with Gasteiger partial charge < -0.3 is 16.0 Å². The van der Waals surface area contributed by atoms with E-state index in [-0.39, 0.29) is 0 Å². The van der Waals surface area contributed by atoms with Crippen molar-refractivity contribution in [1.29, 1.82) is 0 Å². The molecule has 1 saturated carbocycles. The van der Waals surface area contributed by atoms with Gasteiger partial charge in [-0.05, 0) is 51.9 Å². The van der Waals surface area contributed by atoms with E-state index in [2.05, 4.69) is 24.1 Å². The summed E-state index contributed by atoms with van der Waals surface area (Å²) in [5.74, 6) is 0. The van der Waals surface area contributed by atoms with Crippen LogP contribution in [0.5, 0.6) is 0 Å². The lowest BCUT2D eigenvalue weighted by Crippen LogP contribution is -2.40. The van der Waals surface area contributed by atoms with E-state index in [0.29, 0.717) is 12.1 Å². The molecule has 0 spiro atoms. The molecule has 3 heteroatoms. The molecule has 96 valence electrons. The zero-order valence-electron chi connectivity index (χ0n) is 11.0. The monoisotopic (exact) mass is 227 g/mol. The summed E-state index contributed by atoms with van der Waals surface area (Å²) in [5.41, 5.74) is 5.97. The molecular formula is C13H29N3. The fraction of sp³-hybridized carbons (Fsp3) is 1.00. The molecule has 3 nitrogen and oxygen atoms in total. The molecule has 0 aromatic carbocycles. The number of nitrogens with zero attached hydrogens (tertiary/aromatic N) is 1. The van der Waals surface area contributed by atoms with Crippen LogP contribution < -0.4 is 11.1 Å². The molecule has 0 heterocycles. The Labute approximate surface area is 101 Å². The Kier molecular flexibility index (Phi) is 7.01. The summed E-state index contributed by atoms with van der Waals surface area (Å²) in [6, 6.07) is 1.12. The number of nitrogens with one attached hydrogen (secondary N) is 1. The lowest BCUT2D eigenvalue weighted by Gasteiger charge is -2.28. The van der Waals surface area contributed by atoms with E-state index in [1.165, 1.54) is 51.7 Å². The molecule has 2 unspecified atom stereocenters. The van der Waals surface area contributed by atoms with Gasteiger partial charge in [-0.25, -0.2) is 0 Å². The van der Waals surface area contributed by atoms with E-state index in [4.69, 9.17) is 5.73 Å².